The molecule has 0 unspecified atom stereocenters. The van der Waals surface area contributed by atoms with Crippen LogP contribution in [0.3, 0.4) is 0 Å². The quantitative estimate of drug-likeness (QED) is 0.238. The van der Waals surface area contributed by atoms with Gasteiger partial charge in [0.15, 0.2) is 0 Å². The first-order valence-electron chi connectivity index (χ1n) is 10.1. The Labute approximate surface area is 228 Å². The van der Waals surface area contributed by atoms with Crippen molar-refractivity contribution in [1.29, 1.82) is 5.26 Å². The van der Waals surface area contributed by atoms with Gasteiger partial charge in [-0.2, -0.15) is 5.26 Å². The van der Waals surface area contributed by atoms with Gasteiger partial charge in [-0.15, -0.1) is 23.2 Å². The molecular weight excluding hydrogens is 578 g/mol. The average Bonchev–Trinajstić information content (AvgIpc) is 3.41. The van der Waals surface area contributed by atoms with Crippen molar-refractivity contribution in [3.63, 3.8) is 0 Å². The van der Waals surface area contributed by atoms with Crippen LogP contribution in [0.4, 0.5) is 20.2 Å². The molecule has 0 heterocycles. The van der Waals surface area contributed by atoms with Gasteiger partial charge in [0.25, 0.3) is 5.91 Å². The first-order chi connectivity index (χ1) is 16.9. The number of halogens is 7. The molecule has 0 radical (unpaired) electrons. The SMILES string of the molecule is N#Cc1ccc(NC(=O)c2cc(NC(=O)[C@H]3[C@H](c4cc(Cl)c(Cl)c(Cl)c4)C3(Cl)Cl)ccc2F)c(F)c1. The van der Waals surface area contributed by atoms with Gasteiger partial charge in [0.2, 0.25) is 5.91 Å². The summed E-state index contributed by atoms with van der Waals surface area (Å²) in [4.78, 5) is 25.5. The number of carbonyl (C=O) groups is 2. The number of carbonyl (C=O) groups excluding carboxylic acids is 2. The molecule has 5 nitrogen and oxygen atoms in total. The highest BCUT2D eigenvalue weighted by atomic mass is 35.5. The normalized spacial score (nSPS) is 17.7. The molecule has 2 N–H and O–H groups in total. The van der Waals surface area contributed by atoms with E-state index in [9.17, 15) is 18.4 Å². The molecule has 36 heavy (non-hydrogen) atoms. The molecule has 3 aromatic rings. The topological polar surface area (TPSA) is 82.0 Å². The van der Waals surface area contributed by atoms with Crippen molar-refractivity contribution in [2.45, 2.75) is 10.3 Å². The Kier molecular flexibility index (Phi) is 7.38. The zero-order valence-corrected chi connectivity index (χ0v) is 21.5. The fourth-order valence-corrected chi connectivity index (χ4v) is 5.14. The summed E-state index contributed by atoms with van der Waals surface area (Å²) >= 11 is 30.8. The molecule has 1 saturated carbocycles. The van der Waals surface area contributed by atoms with E-state index in [0.717, 1.165) is 18.2 Å². The molecule has 0 saturated heterocycles. The Morgan fingerprint density at radius 3 is 2.19 bits per heavy atom. The summed E-state index contributed by atoms with van der Waals surface area (Å²) in [6.07, 6.45) is 0. The smallest absolute Gasteiger partial charge is 0.258 e. The summed E-state index contributed by atoms with van der Waals surface area (Å²) in [6.45, 7) is 0. The number of nitrogens with zero attached hydrogens (tertiary/aromatic N) is 1. The predicted octanol–water partition coefficient (Wildman–Crippen LogP) is 7.57. The maximum Gasteiger partial charge on any atom is 0.258 e. The van der Waals surface area contributed by atoms with Crippen molar-refractivity contribution in [2.75, 3.05) is 10.6 Å². The minimum absolute atomic E-state index is 0.0533. The molecule has 0 bridgehead atoms. The van der Waals surface area contributed by atoms with Gasteiger partial charge in [0.05, 0.1) is 43.9 Å². The summed E-state index contributed by atoms with van der Waals surface area (Å²) in [5, 5.41) is 14.1. The van der Waals surface area contributed by atoms with Gasteiger partial charge in [-0.3, -0.25) is 9.59 Å². The van der Waals surface area contributed by atoms with Crippen molar-refractivity contribution < 1.29 is 18.4 Å². The Morgan fingerprint density at radius 2 is 1.58 bits per heavy atom. The van der Waals surface area contributed by atoms with E-state index in [1.54, 1.807) is 6.07 Å². The van der Waals surface area contributed by atoms with E-state index in [1.165, 1.54) is 30.3 Å². The molecule has 2 amide bonds. The highest BCUT2D eigenvalue weighted by Crippen LogP contribution is 2.65. The number of nitriles is 1. The van der Waals surface area contributed by atoms with Crippen LogP contribution in [0, 0.1) is 28.9 Å². The largest absolute Gasteiger partial charge is 0.326 e. The Bertz CT molecular complexity index is 1440. The lowest BCUT2D eigenvalue weighted by molar-refractivity contribution is -0.117. The number of anilines is 2. The van der Waals surface area contributed by atoms with Crippen LogP contribution in [0.1, 0.15) is 27.4 Å². The van der Waals surface area contributed by atoms with Crippen LogP contribution in [-0.2, 0) is 4.79 Å². The van der Waals surface area contributed by atoms with Gasteiger partial charge >= 0.3 is 0 Å². The Balaban J connectivity index is 1.52. The lowest BCUT2D eigenvalue weighted by atomic mass is 10.1. The van der Waals surface area contributed by atoms with Gasteiger partial charge in [-0.05, 0) is 54.1 Å². The van der Waals surface area contributed by atoms with Crippen molar-refractivity contribution in [3.05, 3.63) is 91.9 Å². The van der Waals surface area contributed by atoms with E-state index < -0.39 is 45.2 Å². The minimum atomic E-state index is -1.47. The maximum absolute atomic E-state index is 14.4. The molecule has 0 spiro atoms. The van der Waals surface area contributed by atoms with Crippen LogP contribution < -0.4 is 10.6 Å². The van der Waals surface area contributed by atoms with Crippen LogP contribution >= 0.6 is 58.0 Å². The van der Waals surface area contributed by atoms with Crippen LogP contribution in [0.25, 0.3) is 0 Å². The van der Waals surface area contributed by atoms with Gasteiger partial charge < -0.3 is 10.6 Å². The third-order valence-electron chi connectivity index (χ3n) is 5.53. The maximum atomic E-state index is 14.4. The summed E-state index contributed by atoms with van der Waals surface area (Å²) in [5.41, 5.74) is -0.0688. The first kappa shape index (κ1) is 26.5. The number of alkyl halides is 2. The van der Waals surface area contributed by atoms with Gasteiger partial charge in [0, 0.05) is 11.6 Å². The summed E-state index contributed by atoms with van der Waals surface area (Å²) < 4.78 is 27.0. The van der Waals surface area contributed by atoms with E-state index in [-0.39, 0.29) is 32.0 Å². The second-order valence-corrected chi connectivity index (χ2v) is 10.5. The average molecular weight is 590 g/mol. The molecule has 0 aromatic heterocycles. The van der Waals surface area contributed by atoms with E-state index in [2.05, 4.69) is 10.6 Å². The van der Waals surface area contributed by atoms with Crippen LogP contribution in [-0.4, -0.2) is 16.1 Å². The van der Waals surface area contributed by atoms with E-state index in [1.807, 2.05) is 0 Å². The highest BCUT2D eigenvalue weighted by molar-refractivity contribution is 6.54. The number of rotatable bonds is 5. The monoisotopic (exact) mass is 587 g/mol. The summed E-state index contributed by atoms with van der Waals surface area (Å²) in [6, 6.07) is 11.5. The minimum Gasteiger partial charge on any atom is -0.326 e. The molecule has 184 valence electrons. The zero-order valence-electron chi connectivity index (χ0n) is 17.7. The van der Waals surface area contributed by atoms with Crippen molar-refractivity contribution >= 4 is 81.2 Å². The zero-order chi connectivity index (χ0) is 26.4. The fraction of sp³-hybridized carbons (Fsp3) is 0.125. The van der Waals surface area contributed by atoms with Crippen LogP contribution in [0.2, 0.25) is 15.1 Å². The Hall–Kier alpha value is -2.60. The summed E-state index contributed by atoms with van der Waals surface area (Å²) in [5.74, 6) is -4.90. The number of amides is 2. The Morgan fingerprint density at radius 1 is 0.917 bits per heavy atom. The fourth-order valence-electron chi connectivity index (χ4n) is 3.70. The van der Waals surface area contributed by atoms with Gasteiger partial charge in [0.1, 0.15) is 16.0 Å². The molecular formula is C24H12Cl5F2N3O2. The number of benzene rings is 3. The van der Waals surface area contributed by atoms with Crippen molar-refractivity contribution in [2.24, 2.45) is 5.92 Å². The molecule has 4 rings (SSSR count). The van der Waals surface area contributed by atoms with Gasteiger partial charge in [-0.25, -0.2) is 8.78 Å². The van der Waals surface area contributed by atoms with Crippen LogP contribution in [0.15, 0.2) is 48.5 Å². The first-order valence-corrected chi connectivity index (χ1v) is 12.0. The molecule has 2 atom stereocenters. The number of nitrogens with one attached hydrogen (secondary N) is 2. The number of hydrogen-bond acceptors (Lipinski definition) is 3. The number of hydrogen-bond donors (Lipinski definition) is 2. The standard InChI is InChI=1S/C24H12Cl5F2N3O2/c25-14-6-11(7-15(26)21(14)27)19-20(24(19,28)29)23(36)33-12-2-3-16(30)13(8-12)22(35)34-18-4-1-10(9-32)5-17(18)31/h1-8,19-20H,(H,33,36)(H,34,35)/t19-,20+/m0/s1. The third kappa shape index (κ3) is 5.10. The van der Waals surface area contributed by atoms with E-state index >= 15 is 0 Å². The van der Waals surface area contributed by atoms with E-state index in [4.69, 9.17) is 63.3 Å². The molecule has 0 aliphatic heterocycles. The van der Waals surface area contributed by atoms with Crippen molar-refractivity contribution in [1.82, 2.24) is 0 Å². The van der Waals surface area contributed by atoms with Gasteiger partial charge in [-0.1, -0.05) is 34.8 Å². The molecule has 3 aromatic carbocycles. The third-order valence-corrected chi connectivity index (χ3v) is 7.66. The van der Waals surface area contributed by atoms with Crippen molar-refractivity contribution in [3.8, 4) is 6.07 Å². The highest BCUT2D eigenvalue weighted by Gasteiger charge is 2.67. The second kappa shape index (κ2) is 10.0. The molecule has 1 aliphatic rings. The molecule has 12 heteroatoms. The van der Waals surface area contributed by atoms with E-state index in [0.29, 0.717) is 5.56 Å². The predicted molar refractivity (Wildman–Crippen MR) is 136 cm³/mol. The van der Waals surface area contributed by atoms with Crippen LogP contribution in [0.5, 0.6) is 0 Å². The molecule has 1 aliphatic carbocycles. The molecule has 1 fully saturated rings. The second-order valence-electron chi connectivity index (χ2n) is 7.87. The lowest BCUT2D eigenvalue weighted by Gasteiger charge is -2.10. The lowest BCUT2D eigenvalue weighted by Crippen LogP contribution is -2.19. The summed E-state index contributed by atoms with van der Waals surface area (Å²) in [7, 11) is 0.